The second-order valence-corrected chi connectivity index (χ2v) is 3.54. The Kier molecular flexibility index (Phi) is 5.79. The maximum atomic E-state index is 11.7. The summed E-state index contributed by atoms with van der Waals surface area (Å²) in [7, 11) is 0. The van der Waals surface area contributed by atoms with Crippen molar-refractivity contribution in [2.45, 2.75) is 13.3 Å². The van der Waals surface area contributed by atoms with Crippen molar-refractivity contribution in [1.29, 1.82) is 0 Å². The van der Waals surface area contributed by atoms with Crippen LogP contribution in [0.15, 0.2) is 18.3 Å². The minimum absolute atomic E-state index is 0.142. The van der Waals surface area contributed by atoms with Crippen LogP contribution in [0.1, 0.15) is 34.2 Å². The molecule has 0 saturated carbocycles. The molecule has 6 nitrogen and oxygen atoms in total. The van der Waals surface area contributed by atoms with Crippen LogP contribution in [0.2, 0.25) is 0 Å². The van der Waals surface area contributed by atoms with Crippen molar-refractivity contribution in [2.24, 2.45) is 0 Å². The highest BCUT2D eigenvalue weighted by molar-refractivity contribution is 5.96. The SMILES string of the molecule is CCOCCCNC(=O)c1ccnc(C(=O)O)c1. The average Bonchev–Trinajstić information content (AvgIpc) is 2.38. The zero-order chi connectivity index (χ0) is 13.4. The van der Waals surface area contributed by atoms with Crippen LogP contribution in [0.25, 0.3) is 0 Å². The van der Waals surface area contributed by atoms with Crippen LogP contribution in [0.3, 0.4) is 0 Å². The Bertz CT molecular complexity index is 420. The first-order chi connectivity index (χ1) is 8.65. The molecule has 0 spiro atoms. The normalized spacial score (nSPS) is 10.1. The van der Waals surface area contributed by atoms with Crippen LogP contribution in [-0.4, -0.2) is 41.7 Å². The van der Waals surface area contributed by atoms with E-state index in [0.717, 1.165) is 6.42 Å². The molecule has 0 radical (unpaired) electrons. The van der Waals surface area contributed by atoms with E-state index in [-0.39, 0.29) is 11.6 Å². The van der Waals surface area contributed by atoms with Crippen LogP contribution >= 0.6 is 0 Å². The molecule has 1 amide bonds. The molecule has 1 aromatic rings. The third kappa shape index (κ3) is 4.50. The van der Waals surface area contributed by atoms with E-state index in [1.54, 1.807) is 0 Å². The number of ether oxygens (including phenoxy) is 1. The lowest BCUT2D eigenvalue weighted by molar-refractivity contribution is 0.0690. The number of carbonyl (C=O) groups excluding carboxylic acids is 1. The zero-order valence-corrected chi connectivity index (χ0v) is 10.2. The van der Waals surface area contributed by atoms with Crippen LogP contribution in [-0.2, 0) is 4.74 Å². The summed E-state index contributed by atoms with van der Waals surface area (Å²) in [5, 5.41) is 11.4. The van der Waals surface area contributed by atoms with Crippen molar-refractivity contribution in [3.05, 3.63) is 29.6 Å². The van der Waals surface area contributed by atoms with Gasteiger partial charge in [-0.2, -0.15) is 0 Å². The van der Waals surface area contributed by atoms with Gasteiger partial charge in [0.25, 0.3) is 5.91 Å². The molecule has 98 valence electrons. The minimum atomic E-state index is -1.15. The summed E-state index contributed by atoms with van der Waals surface area (Å²) in [5.41, 5.74) is 0.149. The Morgan fingerprint density at radius 1 is 1.50 bits per heavy atom. The third-order valence-corrected chi connectivity index (χ3v) is 2.20. The van der Waals surface area contributed by atoms with E-state index in [1.807, 2.05) is 6.92 Å². The average molecular weight is 252 g/mol. The van der Waals surface area contributed by atoms with Gasteiger partial charge in [-0.05, 0) is 25.5 Å². The number of hydrogen-bond acceptors (Lipinski definition) is 4. The summed E-state index contributed by atoms with van der Waals surface area (Å²) in [5.74, 6) is -1.46. The van der Waals surface area contributed by atoms with Gasteiger partial charge in [0, 0.05) is 31.5 Å². The number of carbonyl (C=O) groups is 2. The number of hydrogen-bond donors (Lipinski definition) is 2. The first kappa shape index (κ1) is 14.1. The third-order valence-electron chi connectivity index (χ3n) is 2.20. The standard InChI is InChI=1S/C12H16N2O4/c1-2-18-7-3-5-14-11(15)9-4-6-13-10(8-9)12(16)17/h4,6,8H,2-3,5,7H2,1H3,(H,14,15)(H,16,17). The number of aromatic carboxylic acids is 1. The van der Waals surface area contributed by atoms with E-state index in [0.29, 0.717) is 25.3 Å². The molecule has 0 unspecified atom stereocenters. The fraction of sp³-hybridized carbons (Fsp3) is 0.417. The summed E-state index contributed by atoms with van der Waals surface area (Å²) < 4.78 is 5.13. The second-order valence-electron chi connectivity index (χ2n) is 3.54. The molecule has 1 aromatic heterocycles. The van der Waals surface area contributed by atoms with Gasteiger partial charge in [0.2, 0.25) is 0 Å². The maximum Gasteiger partial charge on any atom is 0.354 e. The van der Waals surface area contributed by atoms with Gasteiger partial charge in [-0.1, -0.05) is 0 Å². The molecular weight excluding hydrogens is 236 g/mol. The fourth-order valence-corrected chi connectivity index (χ4v) is 1.31. The van der Waals surface area contributed by atoms with Crippen molar-refractivity contribution in [2.75, 3.05) is 19.8 Å². The first-order valence-electron chi connectivity index (χ1n) is 5.70. The van der Waals surface area contributed by atoms with Crippen molar-refractivity contribution in [3.8, 4) is 0 Å². The molecule has 0 aliphatic carbocycles. The summed E-state index contributed by atoms with van der Waals surface area (Å²) in [6.45, 7) is 3.64. The molecule has 18 heavy (non-hydrogen) atoms. The molecule has 0 aliphatic rings. The smallest absolute Gasteiger partial charge is 0.354 e. The van der Waals surface area contributed by atoms with Gasteiger partial charge in [0.1, 0.15) is 5.69 Å². The molecule has 0 aromatic carbocycles. The number of nitrogens with one attached hydrogen (secondary N) is 1. The quantitative estimate of drug-likeness (QED) is 0.705. The topological polar surface area (TPSA) is 88.5 Å². The number of carboxylic acid groups (broad SMARTS) is 1. The number of pyridine rings is 1. The molecule has 0 bridgehead atoms. The monoisotopic (exact) mass is 252 g/mol. The van der Waals surface area contributed by atoms with Gasteiger partial charge < -0.3 is 15.2 Å². The number of carboxylic acids is 1. The number of amides is 1. The lowest BCUT2D eigenvalue weighted by atomic mass is 10.2. The zero-order valence-electron chi connectivity index (χ0n) is 10.2. The molecule has 0 fully saturated rings. The van der Waals surface area contributed by atoms with E-state index in [1.165, 1.54) is 18.3 Å². The highest BCUT2D eigenvalue weighted by atomic mass is 16.5. The van der Waals surface area contributed by atoms with Crippen molar-refractivity contribution < 1.29 is 19.4 Å². The Morgan fingerprint density at radius 3 is 2.94 bits per heavy atom. The fourth-order valence-electron chi connectivity index (χ4n) is 1.31. The molecule has 1 rings (SSSR count). The molecule has 0 saturated heterocycles. The maximum absolute atomic E-state index is 11.7. The summed E-state index contributed by atoms with van der Waals surface area (Å²) in [6, 6.07) is 2.73. The predicted octanol–water partition coefficient (Wildman–Crippen LogP) is 0.936. The van der Waals surface area contributed by atoms with E-state index in [4.69, 9.17) is 9.84 Å². The van der Waals surface area contributed by atoms with Crippen molar-refractivity contribution in [3.63, 3.8) is 0 Å². The molecule has 6 heteroatoms. The van der Waals surface area contributed by atoms with E-state index >= 15 is 0 Å². The summed E-state index contributed by atoms with van der Waals surface area (Å²) in [6.07, 6.45) is 2.02. The van der Waals surface area contributed by atoms with Gasteiger partial charge in [0.15, 0.2) is 0 Å². The lowest BCUT2D eigenvalue weighted by Gasteiger charge is -2.05. The lowest BCUT2D eigenvalue weighted by Crippen LogP contribution is -2.25. The number of aromatic nitrogens is 1. The molecule has 1 heterocycles. The molecular formula is C12H16N2O4. The molecule has 2 N–H and O–H groups in total. The van der Waals surface area contributed by atoms with Crippen LogP contribution in [0.4, 0.5) is 0 Å². The Hall–Kier alpha value is -1.95. The Labute approximate surface area is 105 Å². The Morgan fingerprint density at radius 2 is 2.28 bits per heavy atom. The summed E-state index contributed by atoms with van der Waals surface area (Å²) >= 11 is 0. The van der Waals surface area contributed by atoms with Crippen LogP contribution in [0.5, 0.6) is 0 Å². The highest BCUT2D eigenvalue weighted by Crippen LogP contribution is 2.01. The van der Waals surface area contributed by atoms with Gasteiger partial charge >= 0.3 is 5.97 Å². The van der Waals surface area contributed by atoms with Gasteiger partial charge in [-0.25, -0.2) is 9.78 Å². The van der Waals surface area contributed by atoms with Crippen LogP contribution < -0.4 is 5.32 Å². The number of nitrogens with zero attached hydrogens (tertiary/aromatic N) is 1. The van der Waals surface area contributed by atoms with Gasteiger partial charge in [0.05, 0.1) is 0 Å². The molecule has 0 aliphatic heterocycles. The number of rotatable bonds is 7. The predicted molar refractivity (Wildman–Crippen MR) is 64.6 cm³/mol. The van der Waals surface area contributed by atoms with E-state index < -0.39 is 5.97 Å². The van der Waals surface area contributed by atoms with Crippen molar-refractivity contribution in [1.82, 2.24) is 10.3 Å². The Balaban J connectivity index is 2.46. The van der Waals surface area contributed by atoms with Crippen LogP contribution in [0, 0.1) is 0 Å². The molecule has 0 atom stereocenters. The van der Waals surface area contributed by atoms with Gasteiger partial charge in [-0.3, -0.25) is 4.79 Å². The largest absolute Gasteiger partial charge is 0.477 e. The van der Waals surface area contributed by atoms with Gasteiger partial charge in [-0.15, -0.1) is 0 Å². The van der Waals surface area contributed by atoms with E-state index in [2.05, 4.69) is 10.3 Å². The highest BCUT2D eigenvalue weighted by Gasteiger charge is 2.09. The first-order valence-corrected chi connectivity index (χ1v) is 5.70. The summed E-state index contributed by atoms with van der Waals surface area (Å²) in [4.78, 5) is 26.0. The second kappa shape index (κ2) is 7.39. The van der Waals surface area contributed by atoms with E-state index in [9.17, 15) is 9.59 Å². The minimum Gasteiger partial charge on any atom is -0.477 e. The van der Waals surface area contributed by atoms with Crippen molar-refractivity contribution >= 4 is 11.9 Å².